The lowest BCUT2D eigenvalue weighted by Crippen LogP contribution is -2.13. The molecule has 0 aromatic heterocycles. The first kappa shape index (κ1) is 6.46. The van der Waals surface area contributed by atoms with Gasteiger partial charge in [0, 0.05) is 6.54 Å². The SMILES string of the molecule is Fc1cccc2c1NCC1CC21. The molecular weight excluding hydrogens is 153 g/mol. The Bertz CT molecular complexity index is 335. The summed E-state index contributed by atoms with van der Waals surface area (Å²) in [5.74, 6) is 1.33. The second-order valence-electron chi connectivity index (χ2n) is 3.69. The van der Waals surface area contributed by atoms with Crippen molar-refractivity contribution in [2.75, 3.05) is 11.9 Å². The molecule has 1 aliphatic carbocycles. The van der Waals surface area contributed by atoms with Crippen LogP contribution in [-0.2, 0) is 0 Å². The molecule has 2 aliphatic rings. The van der Waals surface area contributed by atoms with Crippen LogP contribution in [0.25, 0.3) is 0 Å². The van der Waals surface area contributed by atoms with Crippen molar-refractivity contribution in [2.24, 2.45) is 5.92 Å². The maximum atomic E-state index is 13.2. The molecule has 12 heavy (non-hydrogen) atoms. The molecule has 2 unspecified atom stereocenters. The Morgan fingerprint density at radius 2 is 2.33 bits per heavy atom. The maximum absolute atomic E-state index is 13.2. The van der Waals surface area contributed by atoms with Crippen molar-refractivity contribution in [3.63, 3.8) is 0 Å². The van der Waals surface area contributed by atoms with E-state index in [0.29, 0.717) is 5.92 Å². The van der Waals surface area contributed by atoms with Crippen LogP contribution in [0.2, 0.25) is 0 Å². The third-order valence-electron chi connectivity index (χ3n) is 2.91. The maximum Gasteiger partial charge on any atom is 0.146 e. The second kappa shape index (κ2) is 2.00. The van der Waals surface area contributed by atoms with Crippen LogP contribution in [0.3, 0.4) is 0 Å². The lowest BCUT2D eigenvalue weighted by Gasteiger charge is -2.17. The Morgan fingerprint density at radius 1 is 1.42 bits per heavy atom. The van der Waals surface area contributed by atoms with Crippen molar-refractivity contribution in [1.82, 2.24) is 0 Å². The van der Waals surface area contributed by atoms with Crippen molar-refractivity contribution in [3.05, 3.63) is 29.6 Å². The van der Waals surface area contributed by atoms with Crippen molar-refractivity contribution >= 4 is 5.69 Å². The van der Waals surface area contributed by atoms with E-state index in [1.54, 1.807) is 6.07 Å². The molecule has 0 spiro atoms. The number of hydrogen-bond donors (Lipinski definition) is 1. The van der Waals surface area contributed by atoms with Crippen LogP contribution in [0.15, 0.2) is 18.2 Å². The van der Waals surface area contributed by atoms with Crippen molar-refractivity contribution in [3.8, 4) is 0 Å². The van der Waals surface area contributed by atoms with Gasteiger partial charge in [0.15, 0.2) is 0 Å². The largest absolute Gasteiger partial charge is 0.382 e. The molecule has 1 aromatic rings. The quantitative estimate of drug-likeness (QED) is 0.619. The third-order valence-corrected chi connectivity index (χ3v) is 2.91. The Kier molecular flexibility index (Phi) is 1.08. The highest BCUT2D eigenvalue weighted by Crippen LogP contribution is 2.52. The fourth-order valence-corrected chi connectivity index (χ4v) is 2.12. The summed E-state index contributed by atoms with van der Waals surface area (Å²) in [6, 6.07) is 5.36. The second-order valence-corrected chi connectivity index (χ2v) is 3.69. The van der Waals surface area contributed by atoms with Gasteiger partial charge in [0.2, 0.25) is 0 Å². The van der Waals surface area contributed by atoms with Crippen molar-refractivity contribution < 1.29 is 4.39 Å². The Labute approximate surface area is 70.6 Å². The topological polar surface area (TPSA) is 12.0 Å². The van der Waals surface area contributed by atoms with Gasteiger partial charge in [0.1, 0.15) is 5.82 Å². The molecule has 62 valence electrons. The number of fused-ring (bicyclic) bond motifs is 3. The standard InChI is InChI=1S/C10H10FN/c11-9-3-1-2-7-8-4-6(8)5-12-10(7)9/h1-3,6,8,12H,4-5H2. The molecular formula is C10H10FN. The van der Waals surface area contributed by atoms with Gasteiger partial charge in [-0.05, 0) is 29.9 Å². The molecule has 0 amide bonds. The predicted molar refractivity (Wildman–Crippen MR) is 45.7 cm³/mol. The monoisotopic (exact) mass is 163 g/mol. The zero-order valence-electron chi connectivity index (χ0n) is 6.68. The molecule has 0 radical (unpaired) electrons. The number of hydrogen-bond acceptors (Lipinski definition) is 1. The minimum Gasteiger partial charge on any atom is -0.382 e. The van der Waals surface area contributed by atoms with Gasteiger partial charge in [-0.2, -0.15) is 0 Å². The van der Waals surface area contributed by atoms with Gasteiger partial charge >= 0.3 is 0 Å². The average Bonchev–Trinajstić information content (AvgIpc) is 2.83. The van der Waals surface area contributed by atoms with Crippen molar-refractivity contribution in [2.45, 2.75) is 12.3 Å². The summed E-state index contributed by atoms with van der Waals surface area (Å²) in [5.41, 5.74) is 1.93. The number of halogens is 1. The van der Waals surface area contributed by atoms with E-state index in [2.05, 4.69) is 5.32 Å². The molecule has 1 saturated carbocycles. The van der Waals surface area contributed by atoms with E-state index in [4.69, 9.17) is 0 Å². The van der Waals surface area contributed by atoms with Crippen LogP contribution < -0.4 is 5.32 Å². The number of benzene rings is 1. The van der Waals surface area contributed by atoms with E-state index < -0.39 is 0 Å². The average molecular weight is 163 g/mol. The van der Waals surface area contributed by atoms with Gasteiger partial charge in [-0.3, -0.25) is 0 Å². The molecule has 1 N–H and O–H groups in total. The summed E-state index contributed by atoms with van der Waals surface area (Å²) in [6.45, 7) is 0.957. The summed E-state index contributed by atoms with van der Waals surface area (Å²) >= 11 is 0. The van der Waals surface area contributed by atoms with E-state index in [1.807, 2.05) is 6.07 Å². The van der Waals surface area contributed by atoms with Crippen LogP contribution in [-0.4, -0.2) is 6.54 Å². The summed E-state index contributed by atoms with van der Waals surface area (Å²) in [7, 11) is 0. The predicted octanol–water partition coefficient (Wildman–Crippen LogP) is 2.35. The van der Waals surface area contributed by atoms with Gasteiger partial charge < -0.3 is 5.32 Å². The van der Waals surface area contributed by atoms with Crippen LogP contribution in [0.5, 0.6) is 0 Å². The lowest BCUT2D eigenvalue weighted by molar-refractivity contribution is 0.623. The van der Waals surface area contributed by atoms with E-state index in [1.165, 1.54) is 18.1 Å². The van der Waals surface area contributed by atoms with E-state index in [0.717, 1.165) is 18.2 Å². The van der Waals surface area contributed by atoms with Crippen LogP contribution in [0.1, 0.15) is 17.9 Å². The van der Waals surface area contributed by atoms with Gasteiger partial charge in [-0.1, -0.05) is 12.1 Å². The highest BCUT2D eigenvalue weighted by atomic mass is 19.1. The molecule has 1 fully saturated rings. The Balaban J connectivity index is 2.18. The van der Waals surface area contributed by atoms with E-state index >= 15 is 0 Å². The van der Waals surface area contributed by atoms with Gasteiger partial charge in [0.25, 0.3) is 0 Å². The fraction of sp³-hybridized carbons (Fsp3) is 0.400. The third kappa shape index (κ3) is 0.724. The number of anilines is 1. The summed E-state index contributed by atoms with van der Waals surface area (Å²) in [4.78, 5) is 0. The number of rotatable bonds is 0. The van der Waals surface area contributed by atoms with Crippen LogP contribution in [0.4, 0.5) is 10.1 Å². The Hall–Kier alpha value is -1.05. The van der Waals surface area contributed by atoms with Crippen LogP contribution >= 0.6 is 0 Å². The molecule has 0 bridgehead atoms. The molecule has 1 heterocycles. The molecule has 3 rings (SSSR count). The smallest absolute Gasteiger partial charge is 0.146 e. The van der Waals surface area contributed by atoms with E-state index in [9.17, 15) is 4.39 Å². The van der Waals surface area contributed by atoms with E-state index in [-0.39, 0.29) is 5.82 Å². The summed E-state index contributed by atoms with van der Waals surface area (Å²) in [6.07, 6.45) is 1.24. The molecule has 1 aliphatic heterocycles. The zero-order chi connectivity index (χ0) is 8.13. The summed E-state index contributed by atoms with van der Waals surface area (Å²) in [5, 5.41) is 3.15. The molecule has 0 saturated heterocycles. The minimum atomic E-state index is -0.0992. The van der Waals surface area contributed by atoms with Gasteiger partial charge in [0.05, 0.1) is 5.69 Å². The first-order chi connectivity index (χ1) is 5.86. The molecule has 2 atom stereocenters. The molecule has 1 aromatic carbocycles. The zero-order valence-corrected chi connectivity index (χ0v) is 6.68. The number of para-hydroxylation sites is 1. The highest BCUT2D eigenvalue weighted by Gasteiger charge is 2.42. The molecule has 1 nitrogen and oxygen atoms in total. The van der Waals surface area contributed by atoms with Crippen molar-refractivity contribution in [1.29, 1.82) is 0 Å². The molecule has 2 heteroatoms. The highest BCUT2D eigenvalue weighted by molar-refractivity contribution is 5.58. The minimum absolute atomic E-state index is 0.0992. The first-order valence-electron chi connectivity index (χ1n) is 4.38. The Morgan fingerprint density at radius 3 is 3.25 bits per heavy atom. The number of nitrogens with one attached hydrogen (secondary N) is 1. The van der Waals surface area contributed by atoms with Gasteiger partial charge in [-0.15, -0.1) is 0 Å². The van der Waals surface area contributed by atoms with Crippen LogP contribution in [0, 0.1) is 11.7 Å². The summed E-state index contributed by atoms with van der Waals surface area (Å²) < 4.78 is 13.2. The normalized spacial score (nSPS) is 30.1. The lowest BCUT2D eigenvalue weighted by atomic mass is 10.0. The fourth-order valence-electron chi connectivity index (χ4n) is 2.12. The first-order valence-corrected chi connectivity index (χ1v) is 4.38. The van der Waals surface area contributed by atoms with Gasteiger partial charge in [-0.25, -0.2) is 4.39 Å².